The van der Waals surface area contributed by atoms with Gasteiger partial charge in [0.15, 0.2) is 0 Å². The van der Waals surface area contributed by atoms with Crippen molar-refractivity contribution in [2.75, 3.05) is 6.61 Å². The van der Waals surface area contributed by atoms with Crippen molar-refractivity contribution in [3.8, 4) is 23.0 Å². The monoisotopic (exact) mass is 450 g/mol. The number of ether oxygens (including phenoxy) is 3. The molecule has 0 bridgehead atoms. The summed E-state index contributed by atoms with van der Waals surface area (Å²) >= 11 is 0. The number of hydrogen-bond donors (Lipinski definition) is 7. The van der Waals surface area contributed by atoms with Crippen LogP contribution in [0.3, 0.4) is 0 Å². The summed E-state index contributed by atoms with van der Waals surface area (Å²) < 4.78 is 16.2. The van der Waals surface area contributed by atoms with Crippen molar-refractivity contribution in [1.29, 1.82) is 0 Å². The minimum atomic E-state index is -2.33. The summed E-state index contributed by atoms with van der Waals surface area (Å²) in [5.74, 6) is -4.10. The van der Waals surface area contributed by atoms with E-state index in [0.29, 0.717) is 5.56 Å². The summed E-state index contributed by atoms with van der Waals surface area (Å²) in [4.78, 5) is 13.1. The maximum atomic E-state index is 13.1. The lowest BCUT2D eigenvalue weighted by atomic mass is 9.97. The van der Waals surface area contributed by atoms with Crippen LogP contribution >= 0.6 is 0 Å². The molecule has 0 amide bonds. The van der Waals surface area contributed by atoms with Gasteiger partial charge in [-0.15, -0.1) is 0 Å². The molecular weight excluding hydrogens is 428 g/mol. The van der Waals surface area contributed by atoms with E-state index in [2.05, 4.69) is 0 Å². The third-order valence-electron chi connectivity index (χ3n) is 5.38. The Balaban J connectivity index is 1.63. The molecule has 4 rings (SSSR count). The van der Waals surface area contributed by atoms with Crippen LogP contribution in [0.15, 0.2) is 36.4 Å². The molecule has 2 aliphatic heterocycles. The molecule has 1 saturated heterocycles. The number of hydrogen-bond acceptors (Lipinski definition) is 11. The Labute approximate surface area is 181 Å². The lowest BCUT2D eigenvalue weighted by Crippen LogP contribution is -2.60. The van der Waals surface area contributed by atoms with Crippen molar-refractivity contribution in [3.05, 3.63) is 47.5 Å². The highest BCUT2D eigenvalue weighted by Gasteiger charge is 2.50. The van der Waals surface area contributed by atoms with Gasteiger partial charge in [-0.05, 0) is 17.7 Å². The van der Waals surface area contributed by atoms with Gasteiger partial charge in [0.25, 0.3) is 5.79 Å². The minimum absolute atomic E-state index is 0.00262. The lowest BCUT2D eigenvalue weighted by Gasteiger charge is -2.39. The van der Waals surface area contributed by atoms with Gasteiger partial charge in [0, 0.05) is 18.6 Å². The largest absolute Gasteiger partial charge is 0.508 e. The molecule has 0 radical (unpaired) electrons. The van der Waals surface area contributed by atoms with E-state index in [4.69, 9.17) is 14.2 Å². The molecule has 172 valence electrons. The van der Waals surface area contributed by atoms with Gasteiger partial charge in [-0.3, -0.25) is 4.79 Å². The molecule has 0 aromatic heterocycles. The van der Waals surface area contributed by atoms with Gasteiger partial charge in [0.1, 0.15) is 53.0 Å². The van der Waals surface area contributed by atoms with Crippen molar-refractivity contribution in [1.82, 2.24) is 0 Å². The first kappa shape index (κ1) is 22.3. The molecule has 0 saturated carbocycles. The van der Waals surface area contributed by atoms with Crippen molar-refractivity contribution in [2.45, 2.75) is 42.9 Å². The number of benzene rings is 2. The van der Waals surface area contributed by atoms with Crippen LogP contribution in [-0.4, -0.2) is 84.6 Å². The van der Waals surface area contributed by atoms with E-state index in [9.17, 15) is 40.5 Å². The number of carbonyl (C=O) groups excluding carboxylic acids is 1. The average Bonchev–Trinajstić information content (AvgIpc) is 2.99. The van der Waals surface area contributed by atoms with Crippen LogP contribution in [0.1, 0.15) is 15.9 Å². The Morgan fingerprint density at radius 3 is 2.31 bits per heavy atom. The fourth-order valence-corrected chi connectivity index (χ4v) is 3.69. The number of Topliss-reactive ketones (excluding diaryl/α,β-unsaturated/α-hetero) is 1. The second-order valence-corrected chi connectivity index (χ2v) is 7.69. The molecule has 2 aliphatic rings. The van der Waals surface area contributed by atoms with E-state index in [1.165, 1.54) is 24.3 Å². The number of aliphatic hydroxyl groups excluding tert-OH is 4. The molecule has 2 aromatic carbocycles. The van der Waals surface area contributed by atoms with E-state index in [1.807, 2.05) is 0 Å². The molecule has 6 atom stereocenters. The third-order valence-corrected chi connectivity index (χ3v) is 5.38. The second-order valence-electron chi connectivity index (χ2n) is 7.69. The summed E-state index contributed by atoms with van der Waals surface area (Å²) in [5.41, 5.74) is 0.244. The summed E-state index contributed by atoms with van der Waals surface area (Å²) in [6, 6.07) is 7.89. The summed E-state index contributed by atoms with van der Waals surface area (Å²) in [6.45, 7) is -0.683. The normalized spacial score (nSPS) is 31.8. The van der Waals surface area contributed by atoms with Gasteiger partial charge in [-0.2, -0.15) is 0 Å². The zero-order valence-corrected chi connectivity index (χ0v) is 16.5. The van der Waals surface area contributed by atoms with Crippen LogP contribution in [0.5, 0.6) is 23.0 Å². The predicted octanol–water partition coefficient (Wildman–Crippen LogP) is -1.22. The fraction of sp³-hybridized carbons (Fsp3) is 0.381. The molecule has 11 heteroatoms. The number of aliphatic hydroxyl groups is 5. The standard InChI is InChI=1S/C21H22O11/c22-8-14-16(25)17(26)18(27)20(31-14)30-12-5-11(24)6-13-15(12)19(28)21(29,32-13)7-9-1-3-10(23)4-2-9/h1-6,14,16-18,20,22-27,29H,7-8H2/t14-,16-,17+,18-,20-,21?/m1/s1. The second kappa shape index (κ2) is 8.20. The Morgan fingerprint density at radius 2 is 1.66 bits per heavy atom. The predicted molar refractivity (Wildman–Crippen MR) is 104 cm³/mol. The van der Waals surface area contributed by atoms with E-state index < -0.39 is 48.9 Å². The minimum Gasteiger partial charge on any atom is -0.508 e. The zero-order valence-electron chi connectivity index (χ0n) is 16.5. The van der Waals surface area contributed by atoms with Crippen molar-refractivity contribution in [2.24, 2.45) is 0 Å². The molecule has 1 unspecified atom stereocenters. The highest BCUT2D eigenvalue weighted by Crippen LogP contribution is 2.44. The number of carbonyl (C=O) groups is 1. The molecule has 32 heavy (non-hydrogen) atoms. The topological polar surface area (TPSA) is 186 Å². The Bertz CT molecular complexity index is 1010. The van der Waals surface area contributed by atoms with Crippen LogP contribution in [0, 0.1) is 0 Å². The summed E-state index contributed by atoms with van der Waals surface area (Å²) in [6.07, 6.45) is -8.21. The molecule has 0 spiro atoms. The Morgan fingerprint density at radius 1 is 0.969 bits per heavy atom. The van der Waals surface area contributed by atoms with E-state index >= 15 is 0 Å². The SMILES string of the molecule is O=C1c2c(O[C@@H]3O[C@H](CO)[C@@H](O)[C@H](O)[C@H]3O)cc(O)cc2OC1(O)Cc1ccc(O)cc1. The molecule has 7 N–H and O–H groups in total. The Hall–Kier alpha value is -2.93. The zero-order chi connectivity index (χ0) is 23.2. The van der Waals surface area contributed by atoms with Crippen LogP contribution in [0.25, 0.3) is 0 Å². The van der Waals surface area contributed by atoms with Crippen molar-refractivity contribution >= 4 is 5.78 Å². The first-order valence-corrected chi connectivity index (χ1v) is 9.71. The van der Waals surface area contributed by atoms with Gasteiger partial charge >= 0.3 is 0 Å². The fourth-order valence-electron chi connectivity index (χ4n) is 3.69. The Kier molecular flexibility index (Phi) is 5.71. The molecule has 0 aliphatic carbocycles. The molecule has 1 fully saturated rings. The van der Waals surface area contributed by atoms with E-state index in [-0.39, 0.29) is 35.0 Å². The highest BCUT2D eigenvalue weighted by molar-refractivity contribution is 6.09. The van der Waals surface area contributed by atoms with Crippen LogP contribution in [-0.2, 0) is 11.2 Å². The molecule has 2 heterocycles. The van der Waals surface area contributed by atoms with Crippen LogP contribution in [0.2, 0.25) is 0 Å². The first-order valence-electron chi connectivity index (χ1n) is 9.71. The smallest absolute Gasteiger partial charge is 0.277 e. The summed E-state index contributed by atoms with van der Waals surface area (Å²) in [7, 11) is 0. The van der Waals surface area contributed by atoms with Gasteiger partial charge in [-0.25, -0.2) is 0 Å². The van der Waals surface area contributed by atoms with Gasteiger partial charge in [0.05, 0.1) is 6.61 Å². The van der Waals surface area contributed by atoms with Crippen LogP contribution in [0.4, 0.5) is 0 Å². The maximum absolute atomic E-state index is 13.1. The third kappa shape index (κ3) is 3.86. The number of fused-ring (bicyclic) bond motifs is 1. The van der Waals surface area contributed by atoms with Gasteiger partial charge < -0.3 is 50.0 Å². The summed E-state index contributed by atoms with van der Waals surface area (Å²) in [5, 5.41) is 69.7. The average molecular weight is 450 g/mol. The van der Waals surface area contributed by atoms with E-state index in [0.717, 1.165) is 12.1 Å². The molecular formula is C21H22O11. The first-order chi connectivity index (χ1) is 15.1. The number of rotatable bonds is 5. The number of phenols is 2. The van der Waals surface area contributed by atoms with Crippen molar-refractivity contribution < 1.29 is 54.8 Å². The van der Waals surface area contributed by atoms with Gasteiger partial charge in [0.2, 0.25) is 12.1 Å². The lowest BCUT2D eigenvalue weighted by molar-refractivity contribution is -0.277. The van der Waals surface area contributed by atoms with Crippen LogP contribution < -0.4 is 9.47 Å². The molecule has 11 nitrogen and oxygen atoms in total. The highest BCUT2D eigenvalue weighted by atomic mass is 16.7. The number of ketones is 1. The molecule has 2 aromatic rings. The van der Waals surface area contributed by atoms with E-state index in [1.54, 1.807) is 0 Å². The number of aromatic hydroxyl groups is 2. The van der Waals surface area contributed by atoms with Gasteiger partial charge in [-0.1, -0.05) is 12.1 Å². The van der Waals surface area contributed by atoms with Crippen molar-refractivity contribution in [3.63, 3.8) is 0 Å². The quantitative estimate of drug-likeness (QED) is 0.289. The number of phenolic OH excluding ortho intramolecular Hbond substituents is 2. The maximum Gasteiger partial charge on any atom is 0.277 e.